The number of benzene rings is 2. The Balaban J connectivity index is 2.56. The zero-order chi connectivity index (χ0) is 14.7. The zero-order valence-electron chi connectivity index (χ0n) is 12.1. The molecule has 0 aliphatic carbocycles. The molecule has 2 rings (SSSR count). The van der Waals surface area contributed by atoms with Gasteiger partial charge in [0.2, 0.25) is 0 Å². The highest BCUT2D eigenvalue weighted by molar-refractivity contribution is 6.14. The molecule has 0 spiro atoms. The summed E-state index contributed by atoms with van der Waals surface area (Å²) in [5.41, 5.74) is 9.47. The molecule has 0 atom stereocenters. The van der Waals surface area contributed by atoms with Gasteiger partial charge in [0.1, 0.15) is 5.75 Å². The molecule has 2 aromatic rings. The molecule has 0 saturated carbocycles. The van der Waals surface area contributed by atoms with Crippen molar-refractivity contribution >= 4 is 11.5 Å². The van der Waals surface area contributed by atoms with Crippen LogP contribution >= 0.6 is 0 Å². The van der Waals surface area contributed by atoms with Crippen molar-refractivity contribution in [3.8, 4) is 5.75 Å². The summed E-state index contributed by atoms with van der Waals surface area (Å²) < 4.78 is 5.55. The first-order chi connectivity index (χ1) is 9.54. The van der Waals surface area contributed by atoms with E-state index in [1.54, 1.807) is 6.07 Å². The van der Waals surface area contributed by atoms with Crippen molar-refractivity contribution < 1.29 is 9.53 Å². The van der Waals surface area contributed by atoms with Gasteiger partial charge in [-0.15, -0.1) is 0 Å². The molecule has 3 nitrogen and oxygen atoms in total. The van der Waals surface area contributed by atoms with Gasteiger partial charge in [-0.2, -0.15) is 0 Å². The first-order valence-electron chi connectivity index (χ1n) is 6.67. The number of carbonyl (C=O) groups is 1. The highest BCUT2D eigenvalue weighted by Gasteiger charge is 2.19. The fraction of sp³-hybridized carbons (Fsp3) is 0.235. The number of aryl methyl sites for hydroxylation is 2. The number of carbonyl (C=O) groups excluding carboxylic acids is 1. The van der Waals surface area contributed by atoms with E-state index in [9.17, 15) is 4.79 Å². The summed E-state index contributed by atoms with van der Waals surface area (Å²) >= 11 is 0. The predicted octanol–water partition coefficient (Wildman–Crippen LogP) is 3.52. The second kappa shape index (κ2) is 5.78. The standard InChI is InChI=1S/C17H19NO2/c1-4-20-15-9-8-11(2)10-13(15)17(19)16-12(3)6-5-7-14(16)18/h5-10H,4,18H2,1-3H3. The molecular weight excluding hydrogens is 250 g/mol. The van der Waals surface area contributed by atoms with Gasteiger partial charge >= 0.3 is 0 Å². The van der Waals surface area contributed by atoms with Gasteiger partial charge in [0.15, 0.2) is 5.78 Å². The van der Waals surface area contributed by atoms with E-state index in [2.05, 4.69) is 0 Å². The van der Waals surface area contributed by atoms with Crippen LogP contribution in [0.2, 0.25) is 0 Å². The molecule has 0 bridgehead atoms. The molecule has 0 unspecified atom stereocenters. The number of ether oxygens (including phenoxy) is 1. The van der Waals surface area contributed by atoms with Gasteiger partial charge in [-0.05, 0) is 44.5 Å². The minimum absolute atomic E-state index is 0.0900. The molecule has 0 aliphatic heterocycles. The minimum atomic E-state index is -0.0900. The van der Waals surface area contributed by atoms with Gasteiger partial charge in [-0.1, -0.05) is 23.8 Å². The van der Waals surface area contributed by atoms with Crippen LogP contribution in [-0.4, -0.2) is 12.4 Å². The largest absolute Gasteiger partial charge is 0.493 e. The van der Waals surface area contributed by atoms with E-state index in [1.807, 2.05) is 51.1 Å². The smallest absolute Gasteiger partial charge is 0.199 e. The fourth-order valence-corrected chi connectivity index (χ4v) is 2.24. The van der Waals surface area contributed by atoms with E-state index in [0.29, 0.717) is 29.2 Å². The summed E-state index contributed by atoms with van der Waals surface area (Å²) in [7, 11) is 0. The lowest BCUT2D eigenvalue weighted by Gasteiger charge is -2.13. The van der Waals surface area contributed by atoms with Crippen LogP contribution in [0, 0.1) is 13.8 Å². The normalized spacial score (nSPS) is 10.3. The molecule has 0 saturated heterocycles. The maximum Gasteiger partial charge on any atom is 0.199 e. The molecule has 0 radical (unpaired) electrons. The Morgan fingerprint density at radius 1 is 1.20 bits per heavy atom. The Morgan fingerprint density at radius 2 is 1.95 bits per heavy atom. The van der Waals surface area contributed by atoms with E-state index in [1.165, 1.54) is 0 Å². The molecule has 2 N–H and O–H groups in total. The van der Waals surface area contributed by atoms with E-state index in [0.717, 1.165) is 11.1 Å². The number of anilines is 1. The van der Waals surface area contributed by atoms with Crippen LogP contribution in [0.3, 0.4) is 0 Å². The topological polar surface area (TPSA) is 52.3 Å². The third kappa shape index (κ3) is 2.67. The highest BCUT2D eigenvalue weighted by atomic mass is 16.5. The first kappa shape index (κ1) is 14.1. The number of nitrogen functional groups attached to an aromatic ring is 1. The number of nitrogens with two attached hydrogens (primary N) is 1. The molecule has 104 valence electrons. The summed E-state index contributed by atoms with van der Waals surface area (Å²) in [5, 5.41) is 0. The van der Waals surface area contributed by atoms with E-state index in [-0.39, 0.29) is 5.78 Å². The third-order valence-corrected chi connectivity index (χ3v) is 3.21. The van der Waals surface area contributed by atoms with E-state index >= 15 is 0 Å². The Labute approximate surface area is 119 Å². The average Bonchev–Trinajstić information content (AvgIpc) is 2.40. The van der Waals surface area contributed by atoms with Crippen LogP contribution in [0.1, 0.15) is 34.0 Å². The van der Waals surface area contributed by atoms with Crippen molar-refractivity contribution in [3.05, 3.63) is 58.7 Å². The van der Waals surface area contributed by atoms with E-state index in [4.69, 9.17) is 10.5 Å². The Bertz CT molecular complexity index is 627. The molecule has 0 heterocycles. The van der Waals surface area contributed by atoms with Gasteiger partial charge in [-0.25, -0.2) is 0 Å². The average molecular weight is 269 g/mol. The quantitative estimate of drug-likeness (QED) is 0.682. The molecule has 0 aromatic heterocycles. The number of rotatable bonds is 4. The van der Waals surface area contributed by atoms with Gasteiger partial charge < -0.3 is 10.5 Å². The lowest BCUT2D eigenvalue weighted by atomic mass is 9.96. The molecule has 0 fully saturated rings. The van der Waals surface area contributed by atoms with Gasteiger partial charge in [0.05, 0.1) is 12.2 Å². The van der Waals surface area contributed by atoms with Gasteiger partial charge in [0.25, 0.3) is 0 Å². The van der Waals surface area contributed by atoms with Crippen LogP contribution in [0.4, 0.5) is 5.69 Å². The van der Waals surface area contributed by atoms with Crippen molar-refractivity contribution in [2.45, 2.75) is 20.8 Å². The van der Waals surface area contributed by atoms with Gasteiger partial charge in [-0.3, -0.25) is 4.79 Å². The molecule has 2 aromatic carbocycles. The zero-order valence-corrected chi connectivity index (χ0v) is 12.1. The van der Waals surface area contributed by atoms with Crippen molar-refractivity contribution in [1.82, 2.24) is 0 Å². The number of hydrogen-bond donors (Lipinski definition) is 1. The van der Waals surface area contributed by atoms with Crippen LogP contribution in [0.15, 0.2) is 36.4 Å². The maximum atomic E-state index is 12.8. The summed E-state index contributed by atoms with van der Waals surface area (Å²) in [4.78, 5) is 12.8. The summed E-state index contributed by atoms with van der Waals surface area (Å²) in [5.74, 6) is 0.513. The molecule has 20 heavy (non-hydrogen) atoms. The number of ketones is 1. The van der Waals surface area contributed by atoms with Crippen molar-refractivity contribution in [3.63, 3.8) is 0 Å². The molecule has 0 aliphatic rings. The van der Waals surface area contributed by atoms with Gasteiger partial charge in [0, 0.05) is 11.3 Å². The van der Waals surface area contributed by atoms with Crippen molar-refractivity contribution in [1.29, 1.82) is 0 Å². The van der Waals surface area contributed by atoms with Crippen molar-refractivity contribution in [2.24, 2.45) is 0 Å². The van der Waals surface area contributed by atoms with Crippen LogP contribution in [0.5, 0.6) is 5.75 Å². The summed E-state index contributed by atoms with van der Waals surface area (Å²) in [6.45, 7) is 6.26. The van der Waals surface area contributed by atoms with E-state index < -0.39 is 0 Å². The Morgan fingerprint density at radius 3 is 2.60 bits per heavy atom. The summed E-state index contributed by atoms with van der Waals surface area (Å²) in [6.07, 6.45) is 0. The highest BCUT2D eigenvalue weighted by Crippen LogP contribution is 2.27. The second-order valence-electron chi connectivity index (χ2n) is 4.80. The van der Waals surface area contributed by atoms with Crippen LogP contribution in [-0.2, 0) is 0 Å². The summed E-state index contributed by atoms with van der Waals surface area (Å²) in [6, 6.07) is 11.1. The third-order valence-electron chi connectivity index (χ3n) is 3.21. The van der Waals surface area contributed by atoms with Crippen LogP contribution < -0.4 is 10.5 Å². The lowest BCUT2D eigenvalue weighted by molar-refractivity contribution is 0.103. The molecule has 0 amide bonds. The molecule has 3 heteroatoms. The Kier molecular flexibility index (Phi) is 4.08. The predicted molar refractivity (Wildman–Crippen MR) is 81.4 cm³/mol. The minimum Gasteiger partial charge on any atom is -0.493 e. The maximum absolute atomic E-state index is 12.8. The number of hydrogen-bond acceptors (Lipinski definition) is 3. The fourth-order valence-electron chi connectivity index (χ4n) is 2.24. The lowest BCUT2D eigenvalue weighted by Crippen LogP contribution is -2.10. The first-order valence-corrected chi connectivity index (χ1v) is 6.67. The monoisotopic (exact) mass is 269 g/mol. The van der Waals surface area contributed by atoms with Crippen LogP contribution in [0.25, 0.3) is 0 Å². The Hall–Kier alpha value is -2.29. The second-order valence-corrected chi connectivity index (χ2v) is 4.80. The SMILES string of the molecule is CCOc1ccc(C)cc1C(=O)c1c(C)cccc1N. The molecular formula is C17H19NO2. The van der Waals surface area contributed by atoms with Crippen molar-refractivity contribution in [2.75, 3.05) is 12.3 Å².